The molecule has 1 amide bonds. The highest BCUT2D eigenvalue weighted by molar-refractivity contribution is 7.07. The molecule has 1 aromatic heterocycles. The zero-order valence-electron chi connectivity index (χ0n) is 10.9. The Bertz CT molecular complexity index is 694. The molecule has 3 rings (SSSR count). The number of carbonyl (C=O) groups is 2. The zero-order valence-corrected chi connectivity index (χ0v) is 11.7. The Labute approximate surface area is 119 Å². The molecule has 2 heterocycles. The maximum atomic E-state index is 14.1. The van der Waals surface area contributed by atoms with Crippen LogP contribution in [0.2, 0.25) is 0 Å². The number of benzene rings is 1. The molecule has 0 saturated heterocycles. The van der Waals surface area contributed by atoms with Crippen LogP contribution in [0, 0.1) is 12.7 Å². The molecule has 1 aliphatic heterocycles. The molecule has 5 heteroatoms. The van der Waals surface area contributed by atoms with Gasteiger partial charge in [0.15, 0.2) is 0 Å². The van der Waals surface area contributed by atoms with E-state index < -0.39 is 17.5 Å². The van der Waals surface area contributed by atoms with Crippen molar-refractivity contribution in [2.75, 3.05) is 11.4 Å². The average Bonchev–Trinajstić information content (AvgIpc) is 2.98. The number of aryl methyl sites for hydroxylation is 1. The van der Waals surface area contributed by atoms with Gasteiger partial charge < -0.3 is 4.90 Å². The van der Waals surface area contributed by atoms with Crippen molar-refractivity contribution in [3.63, 3.8) is 0 Å². The maximum absolute atomic E-state index is 14.1. The van der Waals surface area contributed by atoms with E-state index in [2.05, 4.69) is 0 Å². The number of hydrogen-bond donors (Lipinski definition) is 0. The molecule has 0 radical (unpaired) electrons. The number of thiophene rings is 1. The molecule has 0 atom stereocenters. The maximum Gasteiger partial charge on any atom is 0.299 e. The summed E-state index contributed by atoms with van der Waals surface area (Å²) in [5.41, 5.74) is 2.02. The van der Waals surface area contributed by atoms with E-state index in [-0.39, 0.29) is 11.3 Å². The van der Waals surface area contributed by atoms with Crippen LogP contribution in [-0.2, 0) is 11.2 Å². The first-order valence-corrected chi connectivity index (χ1v) is 7.19. The van der Waals surface area contributed by atoms with Crippen molar-refractivity contribution in [1.29, 1.82) is 0 Å². The first kappa shape index (κ1) is 13.0. The topological polar surface area (TPSA) is 37.4 Å². The Morgan fingerprint density at radius 2 is 2.10 bits per heavy atom. The third-order valence-corrected chi connectivity index (χ3v) is 4.10. The van der Waals surface area contributed by atoms with Crippen LogP contribution in [0.5, 0.6) is 0 Å². The lowest BCUT2D eigenvalue weighted by Gasteiger charge is -2.16. The van der Waals surface area contributed by atoms with Crippen molar-refractivity contribution < 1.29 is 14.0 Å². The molecular weight excluding hydrogens is 277 g/mol. The Morgan fingerprint density at radius 1 is 1.30 bits per heavy atom. The Hall–Kier alpha value is -2.01. The highest BCUT2D eigenvalue weighted by Crippen LogP contribution is 2.32. The summed E-state index contributed by atoms with van der Waals surface area (Å²) in [5, 5.41) is 3.93. The van der Waals surface area contributed by atoms with Gasteiger partial charge >= 0.3 is 0 Å². The van der Waals surface area contributed by atoms with Crippen LogP contribution in [0.1, 0.15) is 21.5 Å². The molecule has 0 aliphatic carbocycles. The summed E-state index contributed by atoms with van der Waals surface area (Å²) >= 11 is 1.57. The minimum absolute atomic E-state index is 0.126. The van der Waals surface area contributed by atoms with Gasteiger partial charge in [0.2, 0.25) is 0 Å². The number of Topliss-reactive ketones (excluding diaryl/α,β-unsaturated/α-hetero) is 1. The number of halogens is 1. The first-order chi connectivity index (χ1) is 9.58. The van der Waals surface area contributed by atoms with Crippen molar-refractivity contribution in [2.45, 2.75) is 13.3 Å². The number of rotatable bonds is 3. The van der Waals surface area contributed by atoms with Crippen LogP contribution in [0.15, 0.2) is 29.0 Å². The summed E-state index contributed by atoms with van der Waals surface area (Å²) in [6, 6.07) is 4.88. The van der Waals surface area contributed by atoms with E-state index in [1.807, 2.05) is 16.8 Å². The summed E-state index contributed by atoms with van der Waals surface area (Å²) in [6.45, 7) is 2.02. The Morgan fingerprint density at radius 3 is 2.80 bits per heavy atom. The molecule has 0 spiro atoms. The van der Waals surface area contributed by atoms with Crippen molar-refractivity contribution in [2.24, 2.45) is 0 Å². The quantitative estimate of drug-likeness (QED) is 0.815. The number of ketones is 1. The highest BCUT2D eigenvalue weighted by atomic mass is 32.1. The second-order valence-electron chi connectivity index (χ2n) is 4.81. The molecule has 20 heavy (non-hydrogen) atoms. The van der Waals surface area contributed by atoms with Crippen molar-refractivity contribution in [3.05, 3.63) is 51.5 Å². The van der Waals surface area contributed by atoms with Gasteiger partial charge in [-0.3, -0.25) is 9.59 Å². The standard InChI is InChI=1S/C15H12FNO2S/c1-9-6-11-13(12(16)7-9)17(15(19)14(11)18)4-2-10-3-5-20-8-10/h3,5-8H,2,4H2,1H3. The van der Waals surface area contributed by atoms with Crippen LogP contribution in [0.25, 0.3) is 0 Å². The molecule has 2 aromatic rings. The number of fused-ring (bicyclic) bond motifs is 1. The summed E-state index contributed by atoms with van der Waals surface area (Å²) in [7, 11) is 0. The van der Waals surface area contributed by atoms with Crippen LogP contribution < -0.4 is 4.90 Å². The normalized spacial score (nSPS) is 14.0. The van der Waals surface area contributed by atoms with E-state index in [4.69, 9.17) is 0 Å². The third-order valence-electron chi connectivity index (χ3n) is 3.37. The SMILES string of the molecule is Cc1cc(F)c2c(c1)C(=O)C(=O)N2CCc1ccsc1. The number of nitrogens with zero attached hydrogens (tertiary/aromatic N) is 1. The first-order valence-electron chi connectivity index (χ1n) is 6.25. The van der Waals surface area contributed by atoms with Crippen LogP contribution in [0.3, 0.4) is 0 Å². The molecule has 0 unspecified atom stereocenters. The van der Waals surface area contributed by atoms with Crippen molar-refractivity contribution in [3.8, 4) is 0 Å². The van der Waals surface area contributed by atoms with Crippen LogP contribution >= 0.6 is 11.3 Å². The van der Waals surface area contributed by atoms with E-state index >= 15 is 0 Å². The average molecular weight is 289 g/mol. The van der Waals surface area contributed by atoms with Gasteiger partial charge in [-0.2, -0.15) is 11.3 Å². The molecule has 1 aliphatic rings. The summed E-state index contributed by atoms with van der Waals surface area (Å²) < 4.78 is 14.1. The second kappa shape index (κ2) is 4.83. The largest absolute Gasteiger partial charge is 0.302 e. The third kappa shape index (κ3) is 2.04. The number of anilines is 1. The van der Waals surface area contributed by atoms with E-state index in [9.17, 15) is 14.0 Å². The highest BCUT2D eigenvalue weighted by Gasteiger charge is 2.37. The zero-order chi connectivity index (χ0) is 14.3. The van der Waals surface area contributed by atoms with Gasteiger partial charge in [0.05, 0.1) is 11.3 Å². The fourth-order valence-electron chi connectivity index (χ4n) is 2.41. The smallest absolute Gasteiger partial charge is 0.299 e. The minimum atomic E-state index is -0.639. The lowest BCUT2D eigenvalue weighted by Crippen LogP contribution is -2.32. The predicted octanol–water partition coefficient (Wildman–Crippen LogP) is 2.97. The lowest BCUT2D eigenvalue weighted by molar-refractivity contribution is -0.114. The number of amides is 1. The molecule has 0 fully saturated rings. The van der Waals surface area contributed by atoms with Gasteiger partial charge in [0, 0.05) is 6.54 Å². The van der Waals surface area contributed by atoms with E-state index in [1.54, 1.807) is 24.3 Å². The number of carbonyl (C=O) groups excluding carboxylic acids is 2. The molecule has 0 bridgehead atoms. The number of hydrogen-bond acceptors (Lipinski definition) is 3. The van der Waals surface area contributed by atoms with Gasteiger partial charge in [0.25, 0.3) is 11.7 Å². The van der Waals surface area contributed by atoms with E-state index in [0.29, 0.717) is 18.5 Å². The van der Waals surface area contributed by atoms with Gasteiger partial charge in [-0.25, -0.2) is 4.39 Å². The molecular formula is C15H12FNO2S. The molecule has 102 valence electrons. The lowest BCUT2D eigenvalue weighted by atomic mass is 10.1. The Balaban J connectivity index is 1.93. The predicted molar refractivity (Wildman–Crippen MR) is 75.8 cm³/mol. The molecule has 1 aromatic carbocycles. The van der Waals surface area contributed by atoms with Gasteiger partial charge in [0.1, 0.15) is 5.82 Å². The van der Waals surface area contributed by atoms with Gasteiger partial charge in [-0.05, 0) is 53.4 Å². The van der Waals surface area contributed by atoms with Gasteiger partial charge in [-0.1, -0.05) is 0 Å². The minimum Gasteiger partial charge on any atom is -0.302 e. The molecule has 3 nitrogen and oxygen atoms in total. The van der Waals surface area contributed by atoms with Crippen LogP contribution in [-0.4, -0.2) is 18.2 Å². The summed E-state index contributed by atoms with van der Waals surface area (Å²) in [6.07, 6.45) is 0.606. The van der Waals surface area contributed by atoms with Crippen LogP contribution in [0.4, 0.5) is 10.1 Å². The summed E-state index contributed by atoms with van der Waals surface area (Å²) in [4.78, 5) is 25.2. The van der Waals surface area contributed by atoms with E-state index in [0.717, 1.165) is 5.56 Å². The fourth-order valence-corrected chi connectivity index (χ4v) is 3.11. The fraction of sp³-hybridized carbons (Fsp3) is 0.200. The monoisotopic (exact) mass is 289 g/mol. The Kier molecular flexibility index (Phi) is 3.14. The van der Waals surface area contributed by atoms with Gasteiger partial charge in [-0.15, -0.1) is 0 Å². The second-order valence-corrected chi connectivity index (χ2v) is 5.59. The van der Waals surface area contributed by atoms with Crippen molar-refractivity contribution >= 4 is 28.7 Å². The van der Waals surface area contributed by atoms with E-state index in [1.165, 1.54) is 11.0 Å². The summed E-state index contributed by atoms with van der Waals surface area (Å²) in [5.74, 6) is -1.77. The van der Waals surface area contributed by atoms with Crippen molar-refractivity contribution in [1.82, 2.24) is 0 Å². The molecule has 0 saturated carbocycles. The molecule has 0 N–H and O–H groups in total.